The lowest BCUT2D eigenvalue weighted by atomic mass is 9.97. The Morgan fingerprint density at radius 1 is 0.361 bits per heavy atom. The molecule has 0 amide bonds. The number of aromatic nitrogens is 5. The quantitative estimate of drug-likeness (QED) is 0.0219. The second-order valence-electron chi connectivity index (χ2n) is 31.3. The number of aliphatic imine (C=N–C) groups is 7. The minimum absolute atomic E-state index is 0.0870. The molecular formula is C101H94N16O2+6. The van der Waals surface area contributed by atoms with E-state index >= 15 is 0 Å². The van der Waals surface area contributed by atoms with Gasteiger partial charge in [0.05, 0.1) is 79.6 Å². The number of pyridine rings is 4. The Kier molecular flexibility index (Phi) is 21.4. The van der Waals surface area contributed by atoms with Crippen LogP contribution in [0.3, 0.4) is 0 Å². The molecule has 18 heteroatoms. The van der Waals surface area contributed by atoms with Crippen molar-refractivity contribution in [3.8, 4) is 0 Å². The highest BCUT2D eigenvalue weighted by atomic mass is 16.3. The molecule has 0 atom stereocenters. The van der Waals surface area contributed by atoms with Crippen LogP contribution >= 0.6 is 0 Å². The fourth-order valence-electron chi connectivity index (χ4n) is 16.6. The number of unbranched alkanes of at least 4 members (excludes halogenated alkanes) is 8. The standard InChI is InChI=1S/C101H90N16O2/c1-112-54-42-66(43-55-112)94-76-26-30-80(102-76)96(68-46-58-114(3)59-47-68)84-34-38-88(106-84)100(89-39-35-85(107-89)97(81-31-27-77(94)103-81)69-48-60-115(4)61-49-69)72-20-16-18-22-74(72)110-92(118)24-14-12-10-8-7-9-11-13-15-25-93(119)111-75-23-19-17-21-73(75)101-90-40-36-86(108-90)98(70-50-62-116(5)63-51-70)82-32-28-78(104-82)95(67-44-56-113(2)57-45-67)79-29-33-83(105-79)99(87-37-41-91(101)109-87)71-52-64-117(6)65-53-71/h16-23,26-65H,7-15,24-25H2,1-6H3,(H2-2,102,103,104,105,106,107,108,109,110,111,118,119)/q+2/p+4. The molecule has 18 nitrogen and oxygen atoms in total. The van der Waals surface area contributed by atoms with Crippen LogP contribution in [0, 0.1) is 0 Å². The van der Waals surface area contributed by atoms with E-state index in [9.17, 15) is 10.2 Å². The lowest BCUT2D eigenvalue weighted by Crippen LogP contribution is -2.80. The predicted octanol–water partition coefficient (Wildman–Crippen LogP) is 15.1. The minimum Gasteiger partial charge on any atom is -0.496 e. The van der Waals surface area contributed by atoms with Gasteiger partial charge in [-0.15, -0.1) is 0 Å². The molecule has 7 aromatic rings. The van der Waals surface area contributed by atoms with Crippen molar-refractivity contribution in [1.82, 2.24) is 14.8 Å². The zero-order valence-electron chi connectivity index (χ0n) is 67.8. The van der Waals surface area contributed by atoms with Gasteiger partial charge in [-0.25, -0.2) is 58.2 Å². The Balaban J connectivity index is 0.558. The van der Waals surface area contributed by atoms with Gasteiger partial charge in [0.15, 0.2) is 61.4 Å². The highest BCUT2D eigenvalue weighted by Gasteiger charge is 2.36. The largest absolute Gasteiger partial charge is 0.496 e. The molecule has 0 saturated heterocycles. The summed E-state index contributed by atoms with van der Waals surface area (Å²) < 4.78 is 8.17. The molecule has 16 bridgehead atoms. The Hall–Kier alpha value is -14.4. The van der Waals surface area contributed by atoms with Gasteiger partial charge in [-0.1, -0.05) is 81.3 Å². The molecule has 11 aliphatic heterocycles. The molecule has 0 unspecified atom stereocenters. The number of allylic oxidation sites excluding steroid dienone is 27. The summed E-state index contributed by atoms with van der Waals surface area (Å²) in [5.41, 5.74) is 30.2. The van der Waals surface area contributed by atoms with Crippen molar-refractivity contribution in [2.45, 2.75) is 70.6 Å². The SMILES string of the molecule is CN1C=CC(=C2C3=CC=C([NH2+]3)C(c3cc[n+](C)cc3)=C3C=CC(=[NH+]3)C(c3cc[n+](C)cc3)=C3C=CC(=N3)C(c3ccccc3N=C(O)CCCCCCCCCCCC(O)=Nc3ccccc3C3=C4C=CC(=N4)C(c4cc[n+](C)cc4)=C4C=CC(=N4)C(=C4C=CN(C)C=C4)c4ccc([nH]4)C(c4cc[n+](C)cc4)=C4C=CC3=N4)=C3C=CC2=N3)C=C1. The molecule has 0 saturated carbocycles. The smallest absolute Gasteiger partial charge is 0.218 e. The molecular weight excluding hydrogens is 1470 g/mol. The van der Waals surface area contributed by atoms with Crippen molar-refractivity contribution >= 4 is 96.5 Å². The molecule has 0 spiro atoms. The number of aliphatic hydroxyl groups is 2. The van der Waals surface area contributed by atoms with Gasteiger partial charge in [-0.2, -0.15) is 0 Å². The van der Waals surface area contributed by atoms with Gasteiger partial charge < -0.3 is 25.0 Å². The van der Waals surface area contributed by atoms with E-state index in [1.807, 2.05) is 102 Å². The van der Waals surface area contributed by atoms with Crippen molar-refractivity contribution in [3.63, 3.8) is 0 Å². The van der Waals surface area contributed by atoms with E-state index in [2.05, 4.69) is 276 Å². The summed E-state index contributed by atoms with van der Waals surface area (Å²) in [6.07, 6.45) is 73.0. The van der Waals surface area contributed by atoms with Crippen molar-refractivity contribution in [1.29, 1.82) is 0 Å². The highest BCUT2D eigenvalue weighted by molar-refractivity contribution is 6.39. The first kappa shape index (κ1) is 76.0. The number of para-hydroxylation sites is 2. The lowest BCUT2D eigenvalue weighted by Gasteiger charge is -2.16. The summed E-state index contributed by atoms with van der Waals surface area (Å²) in [5.74, 6) is 0.180. The van der Waals surface area contributed by atoms with Crippen LogP contribution in [-0.4, -0.2) is 85.2 Å². The Morgan fingerprint density at radius 3 is 1.17 bits per heavy atom. The Bertz CT molecular complexity index is 6330. The number of aromatic amines is 1. The number of quaternary nitrogens is 1. The average Bonchev–Trinajstić information content (AvgIpc) is 1.64. The number of fused-ring (bicyclic) bond motifs is 10. The number of nitrogens with one attached hydrogen (secondary N) is 2. The van der Waals surface area contributed by atoms with Crippen molar-refractivity contribution in [2.75, 3.05) is 14.1 Å². The fraction of sp³-hybridized carbons (Fsp3) is 0.168. The van der Waals surface area contributed by atoms with E-state index in [1.165, 1.54) is 0 Å². The molecule has 0 aliphatic carbocycles. The first-order chi connectivity index (χ1) is 58.2. The highest BCUT2D eigenvalue weighted by Crippen LogP contribution is 2.43. The summed E-state index contributed by atoms with van der Waals surface area (Å²) in [5, 5.41) is 25.8. The maximum Gasteiger partial charge on any atom is 0.218 e. The third-order valence-corrected chi connectivity index (χ3v) is 22.8. The maximum absolute atomic E-state index is 11.8. The van der Waals surface area contributed by atoms with Gasteiger partial charge in [0.25, 0.3) is 0 Å². The first-order valence-electron chi connectivity index (χ1n) is 41.0. The topological polar surface area (TPSA) is 195 Å². The number of rotatable bonds is 20. The average molecular weight is 1560 g/mol. The molecule has 11 aliphatic rings. The van der Waals surface area contributed by atoms with Crippen LogP contribution in [0.15, 0.2) is 390 Å². The molecule has 584 valence electrons. The van der Waals surface area contributed by atoms with E-state index in [0.717, 1.165) is 238 Å². The van der Waals surface area contributed by atoms with Crippen molar-refractivity contribution in [2.24, 2.45) is 63.1 Å². The van der Waals surface area contributed by atoms with Crippen LogP contribution in [0.25, 0.3) is 39.0 Å². The number of H-pyrrole nitrogens is 1. The maximum atomic E-state index is 11.8. The molecule has 119 heavy (non-hydrogen) atoms. The molecule has 5 aromatic heterocycles. The van der Waals surface area contributed by atoms with Crippen LogP contribution in [-0.2, 0) is 28.2 Å². The van der Waals surface area contributed by atoms with Crippen LogP contribution in [0.2, 0.25) is 0 Å². The molecule has 0 radical (unpaired) electrons. The van der Waals surface area contributed by atoms with Crippen molar-refractivity contribution in [3.05, 3.63) is 400 Å². The number of nitrogens with zero attached hydrogens (tertiary/aromatic N) is 13. The van der Waals surface area contributed by atoms with Crippen LogP contribution in [0.5, 0.6) is 0 Å². The normalized spacial score (nSPS) is 17.9. The zero-order valence-corrected chi connectivity index (χ0v) is 67.8. The second kappa shape index (κ2) is 33.5. The summed E-state index contributed by atoms with van der Waals surface area (Å²) >= 11 is 0. The van der Waals surface area contributed by atoms with E-state index in [1.54, 1.807) is 0 Å². The Labute approximate surface area is 693 Å². The summed E-state index contributed by atoms with van der Waals surface area (Å²) in [7, 11) is 12.2. The van der Waals surface area contributed by atoms with Crippen LogP contribution in [0.4, 0.5) is 11.4 Å². The minimum atomic E-state index is 0.0870. The fourth-order valence-corrected chi connectivity index (χ4v) is 16.6. The molecule has 6 N–H and O–H groups in total. The van der Waals surface area contributed by atoms with Gasteiger partial charge in [0.2, 0.25) is 11.4 Å². The van der Waals surface area contributed by atoms with E-state index in [4.69, 9.17) is 34.9 Å². The van der Waals surface area contributed by atoms with Gasteiger partial charge in [-0.05, 0) is 144 Å². The number of hydrogen-bond acceptors (Lipinski definition) is 9. The summed E-state index contributed by atoms with van der Waals surface area (Å²) in [6.45, 7) is 0. The van der Waals surface area contributed by atoms with Crippen LogP contribution < -0.4 is 28.6 Å². The molecule has 16 heterocycles. The Morgan fingerprint density at radius 2 is 0.706 bits per heavy atom. The van der Waals surface area contributed by atoms with E-state index in [0.29, 0.717) is 24.2 Å². The summed E-state index contributed by atoms with van der Waals surface area (Å²) in [4.78, 5) is 49.5. The van der Waals surface area contributed by atoms with Gasteiger partial charge in [0.1, 0.15) is 45.2 Å². The number of nitrogens with two attached hydrogens (primary N) is 1. The van der Waals surface area contributed by atoms with E-state index in [-0.39, 0.29) is 11.8 Å². The van der Waals surface area contributed by atoms with Crippen LogP contribution in [0.1, 0.15) is 115 Å². The number of aliphatic hydroxyl groups excluding tert-OH is 2. The molecule has 18 rings (SSSR count). The number of hydrogen-bond donors (Lipinski definition) is 5. The zero-order chi connectivity index (χ0) is 81.0. The summed E-state index contributed by atoms with van der Waals surface area (Å²) in [6, 6.07) is 37.4. The van der Waals surface area contributed by atoms with Crippen molar-refractivity contribution < 1.29 is 38.8 Å². The van der Waals surface area contributed by atoms with E-state index < -0.39 is 0 Å². The third-order valence-electron chi connectivity index (χ3n) is 22.8. The first-order valence-corrected chi connectivity index (χ1v) is 41.0. The predicted molar refractivity (Wildman–Crippen MR) is 477 cm³/mol. The number of benzene rings is 2. The van der Waals surface area contributed by atoms with Gasteiger partial charge >= 0.3 is 0 Å². The molecule has 2 aromatic carbocycles. The second-order valence-corrected chi connectivity index (χ2v) is 31.3. The van der Waals surface area contributed by atoms with Gasteiger partial charge in [-0.3, -0.25) is 5.32 Å². The third kappa shape index (κ3) is 16.1. The number of aryl methyl sites for hydroxylation is 4. The van der Waals surface area contributed by atoms with Gasteiger partial charge in [0, 0.05) is 186 Å². The monoisotopic (exact) mass is 1560 g/mol. The lowest BCUT2D eigenvalue weighted by molar-refractivity contribution is -0.671. The molecule has 0 fully saturated rings.